The van der Waals surface area contributed by atoms with Gasteiger partial charge in [-0.3, -0.25) is 9.59 Å². The van der Waals surface area contributed by atoms with Crippen molar-refractivity contribution in [2.24, 2.45) is 5.92 Å². The summed E-state index contributed by atoms with van der Waals surface area (Å²) in [6, 6.07) is 8.14. The van der Waals surface area contributed by atoms with E-state index in [-0.39, 0.29) is 11.8 Å². The molecule has 2 atom stereocenters. The standard InChI is InChI=1S/C16H19NO3/c18-15(17-9-8-12(10-17)16(19)20)14-7-3-5-11-4-1-2-6-13(11)14/h1-2,4,6,12,14H,3,5,7-10H2,(H,19,20)/t12-,14-/m0/s1. The molecule has 1 saturated heterocycles. The molecule has 1 heterocycles. The summed E-state index contributed by atoms with van der Waals surface area (Å²) < 4.78 is 0. The van der Waals surface area contributed by atoms with Gasteiger partial charge in [0.05, 0.1) is 11.8 Å². The molecule has 0 unspecified atom stereocenters. The second-order valence-corrected chi connectivity index (χ2v) is 5.75. The first kappa shape index (κ1) is 13.2. The van der Waals surface area contributed by atoms with E-state index in [4.69, 9.17) is 5.11 Å². The zero-order chi connectivity index (χ0) is 14.1. The van der Waals surface area contributed by atoms with E-state index in [1.165, 1.54) is 5.56 Å². The first-order valence-electron chi connectivity index (χ1n) is 7.26. The van der Waals surface area contributed by atoms with Crippen LogP contribution in [0.3, 0.4) is 0 Å². The van der Waals surface area contributed by atoms with Crippen LogP contribution in [-0.4, -0.2) is 35.0 Å². The van der Waals surface area contributed by atoms with Crippen LogP contribution in [0.25, 0.3) is 0 Å². The van der Waals surface area contributed by atoms with Crippen molar-refractivity contribution in [3.63, 3.8) is 0 Å². The molecular formula is C16H19NO3. The average Bonchev–Trinajstić information content (AvgIpc) is 2.96. The Morgan fingerprint density at radius 3 is 2.75 bits per heavy atom. The van der Waals surface area contributed by atoms with E-state index in [1.54, 1.807) is 4.90 Å². The lowest BCUT2D eigenvalue weighted by Crippen LogP contribution is -2.35. The van der Waals surface area contributed by atoms with Gasteiger partial charge < -0.3 is 10.0 Å². The minimum atomic E-state index is -0.788. The van der Waals surface area contributed by atoms with Gasteiger partial charge in [0.2, 0.25) is 5.91 Å². The van der Waals surface area contributed by atoms with Gasteiger partial charge in [-0.1, -0.05) is 24.3 Å². The molecule has 0 bridgehead atoms. The topological polar surface area (TPSA) is 57.6 Å². The smallest absolute Gasteiger partial charge is 0.308 e. The maximum absolute atomic E-state index is 12.7. The second kappa shape index (κ2) is 5.27. The van der Waals surface area contributed by atoms with Crippen molar-refractivity contribution in [2.45, 2.75) is 31.6 Å². The molecule has 4 nitrogen and oxygen atoms in total. The summed E-state index contributed by atoms with van der Waals surface area (Å²) >= 11 is 0. The molecule has 1 aromatic carbocycles. The Bertz CT molecular complexity index is 540. The molecule has 1 fully saturated rings. The molecule has 0 radical (unpaired) electrons. The minimum absolute atomic E-state index is 0.0764. The maximum atomic E-state index is 12.7. The highest BCUT2D eigenvalue weighted by molar-refractivity contribution is 5.85. The van der Waals surface area contributed by atoms with Crippen molar-refractivity contribution in [3.8, 4) is 0 Å². The van der Waals surface area contributed by atoms with Crippen molar-refractivity contribution in [3.05, 3.63) is 35.4 Å². The number of aliphatic carboxylic acids is 1. The van der Waals surface area contributed by atoms with E-state index < -0.39 is 11.9 Å². The number of hydrogen-bond donors (Lipinski definition) is 1. The van der Waals surface area contributed by atoms with Crippen molar-refractivity contribution in [1.29, 1.82) is 0 Å². The minimum Gasteiger partial charge on any atom is -0.481 e. The van der Waals surface area contributed by atoms with Gasteiger partial charge in [0, 0.05) is 13.1 Å². The van der Waals surface area contributed by atoms with E-state index in [2.05, 4.69) is 6.07 Å². The molecule has 0 saturated carbocycles. The number of rotatable bonds is 2. The summed E-state index contributed by atoms with van der Waals surface area (Å²) in [6.45, 7) is 0.946. The number of carboxylic acids is 1. The Kier molecular flexibility index (Phi) is 3.47. The number of carboxylic acid groups (broad SMARTS) is 1. The highest BCUT2D eigenvalue weighted by Gasteiger charge is 2.35. The Balaban J connectivity index is 1.78. The van der Waals surface area contributed by atoms with Crippen LogP contribution in [0.4, 0.5) is 0 Å². The predicted octanol–water partition coefficient (Wildman–Crippen LogP) is 2.04. The zero-order valence-electron chi connectivity index (χ0n) is 11.4. The summed E-state index contributed by atoms with van der Waals surface area (Å²) in [5.74, 6) is -1.14. The number of fused-ring (bicyclic) bond motifs is 1. The van der Waals surface area contributed by atoms with E-state index in [0.29, 0.717) is 19.5 Å². The van der Waals surface area contributed by atoms with Crippen molar-refractivity contribution in [2.75, 3.05) is 13.1 Å². The molecular weight excluding hydrogens is 254 g/mol. The van der Waals surface area contributed by atoms with Crippen LogP contribution in [0.2, 0.25) is 0 Å². The maximum Gasteiger partial charge on any atom is 0.308 e. The highest BCUT2D eigenvalue weighted by atomic mass is 16.4. The SMILES string of the molecule is O=C(O)[C@H]1CCN(C(=O)[C@H]2CCCc3ccccc32)C1. The van der Waals surface area contributed by atoms with Crippen LogP contribution in [0.1, 0.15) is 36.3 Å². The Hall–Kier alpha value is -1.84. The number of carbonyl (C=O) groups is 2. The molecule has 3 rings (SSSR count). The monoisotopic (exact) mass is 273 g/mol. The average molecular weight is 273 g/mol. The molecule has 0 spiro atoms. The van der Waals surface area contributed by atoms with Crippen LogP contribution in [0.15, 0.2) is 24.3 Å². The van der Waals surface area contributed by atoms with Crippen LogP contribution in [0, 0.1) is 5.92 Å². The lowest BCUT2D eigenvalue weighted by atomic mass is 9.82. The molecule has 20 heavy (non-hydrogen) atoms. The Morgan fingerprint density at radius 2 is 2.00 bits per heavy atom. The Labute approximate surface area is 118 Å². The first-order valence-corrected chi connectivity index (χ1v) is 7.26. The van der Waals surface area contributed by atoms with Crippen LogP contribution >= 0.6 is 0 Å². The lowest BCUT2D eigenvalue weighted by molar-refractivity contribution is -0.141. The molecule has 2 aliphatic rings. The van der Waals surface area contributed by atoms with Crippen molar-refractivity contribution in [1.82, 2.24) is 4.90 Å². The number of aryl methyl sites for hydroxylation is 1. The van der Waals surface area contributed by atoms with Crippen LogP contribution in [0.5, 0.6) is 0 Å². The van der Waals surface area contributed by atoms with E-state index in [0.717, 1.165) is 24.8 Å². The summed E-state index contributed by atoms with van der Waals surface area (Å²) in [7, 11) is 0. The first-order chi connectivity index (χ1) is 9.66. The fourth-order valence-electron chi connectivity index (χ4n) is 3.39. The number of benzene rings is 1. The summed E-state index contributed by atoms with van der Waals surface area (Å²) in [5, 5.41) is 9.04. The molecule has 1 aliphatic heterocycles. The Morgan fingerprint density at radius 1 is 1.20 bits per heavy atom. The zero-order valence-corrected chi connectivity index (χ0v) is 11.4. The van der Waals surface area contributed by atoms with Gasteiger partial charge in [0.15, 0.2) is 0 Å². The largest absolute Gasteiger partial charge is 0.481 e. The molecule has 1 aromatic rings. The fraction of sp³-hybridized carbons (Fsp3) is 0.500. The number of hydrogen-bond acceptors (Lipinski definition) is 2. The van der Waals surface area contributed by atoms with Gasteiger partial charge in [-0.05, 0) is 36.8 Å². The summed E-state index contributed by atoms with van der Waals surface area (Å²) in [4.78, 5) is 25.4. The van der Waals surface area contributed by atoms with E-state index in [1.807, 2.05) is 18.2 Å². The molecule has 1 amide bonds. The quantitative estimate of drug-likeness (QED) is 0.897. The number of nitrogens with zero attached hydrogens (tertiary/aromatic N) is 1. The molecule has 4 heteroatoms. The third-order valence-corrected chi connectivity index (χ3v) is 4.52. The van der Waals surface area contributed by atoms with Gasteiger partial charge in [0.25, 0.3) is 0 Å². The molecule has 106 valence electrons. The number of amides is 1. The van der Waals surface area contributed by atoms with E-state index in [9.17, 15) is 9.59 Å². The third kappa shape index (κ3) is 2.30. The molecule has 1 N–H and O–H groups in total. The van der Waals surface area contributed by atoms with Gasteiger partial charge in [-0.15, -0.1) is 0 Å². The van der Waals surface area contributed by atoms with Crippen LogP contribution in [-0.2, 0) is 16.0 Å². The third-order valence-electron chi connectivity index (χ3n) is 4.52. The van der Waals surface area contributed by atoms with Crippen molar-refractivity contribution < 1.29 is 14.7 Å². The summed E-state index contributed by atoms with van der Waals surface area (Å²) in [5.41, 5.74) is 2.41. The van der Waals surface area contributed by atoms with Crippen LogP contribution < -0.4 is 0 Å². The molecule has 0 aromatic heterocycles. The van der Waals surface area contributed by atoms with Gasteiger partial charge >= 0.3 is 5.97 Å². The second-order valence-electron chi connectivity index (χ2n) is 5.75. The van der Waals surface area contributed by atoms with Gasteiger partial charge in [-0.25, -0.2) is 0 Å². The van der Waals surface area contributed by atoms with Gasteiger partial charge in [-0.2, -0.15) is 0 Å². The predicted molar refractivity (Wildman–Crippen MR) is 74.4 cm³/mol. The van der Waals surface area contributed by atoms with Crippen molar-refractivity contribution >= 4 is 11.9 Å². The van der Waals surface area contributed by atoms with E-state index >= 15 is 0 Å². The molecule has 1 aliphatic carbocycles. The summed E-state index contributed by atoms with van der Waals surface area (Å²) in [6.07, 6.45) is 3.53. The lowest BCUT2D eigenvalue weighted by Gasteiger charge is -2.28. The fourth-order valence-corrected chi connectivity index (χ4v) is 3.39. The normalized spacial score (nSPS) is 25.3. The number of carbonyl (C=O) groups excluding carboxylic acids is 1. The van der Waals surface area contributed by atoms with Gasteiger partial charge in [0.1, 0.15) is 0 Å². The number of likely N-dealkylation sites (tertiary alicyclic amines) is 1. The highest BCUT2D eigenvalue weighted by Crippen LogP contribution is 2.34.